The van der Waals surface area contributed by atoms with Gasteiger partial charge in [-0.2, -0.15) is 0 Å². The third kappa shape index (κ3) is 4.88. The van der Waals surface area contributed by atoms with E-state index < -0.39 is 0 Å². The van der Waals surface area contributed by atoms with Crippen molar-refractivity contribution in [3.05, 3.63) is 73.2 Å². The Morgan fingerprint density at radius 2 is 1.88 bits per heavy atom. The molecule has 0 N–H and O–H groups in total. The number of methoxy groups -OCH3 is 1. The first kappa shape index (κ1) is 18.1. The quantitative estimate of drug-likeness (QED) is 0.366. The highest BCUT2D eigenvalue weighted by Crippen LogP contribution is 2.35. The lowest BCUT2D eigenvalue weighted by Gasteiger charge is -2.15. The number of benzene rings is 1. The summed E-state index contributed by atoms with van der Waals surface area (Å²) in [6.07, 6.45) is 7.75. The fraction of sp³-hybridized carbons (Fsp3) is 0.150. The molecule has 0 radical (unpaired) electrons. The van der Waals surface area contributed by atoms with E-state index in [-0.39, 0.29) is 12.4 Å². The van der Waals surface area contributed by atoms with Crippen LogP contribution in [0.15, 0.2) is 66.3 Å². The Morgan fingerprint density at radius 1 is 1.16 bits per heavy atom. The lowest BCUT2D eigenvalue weighted by molar-refractivity contribution is 0.104. The molecule has 5 nitrogen and oxygen atoms in total. The standard InChI is InChI=1S/C20H20O5/c1-4-10-23-16-13-18(22-3)20(19(14-16)25-11-5-2)17(21)9-8-15-7-6-12-24-15/h4-9,12-14H,1-2,10-11H2,3H3. The maximum atomic E-state index is 12.7. The van der Waals surface area contributed by atoms with Gasteiger partial charge in [-0.15, -0.1) is 0 Å². The largest absolute Gasteiger partial charge is 0.496 e. The zero-order chi connectivity index (χ0) is 18.1. The second-order valence-electron chi connectivity index (χ2n) is 4.91. The number of ketones is 1. The van der Waals surface area contributed by atoms with E-state index in [4.69, 9.17) is 18.6 Å². The second kappa shape index (κ2) is 9.17. The molecule has 2 rings (SSSR count). The summed E-state index contributed by atoms with van der Waals surface area (Å²) < 4.78 is 21.7. The Labute approximate surface area is 146 Å². The van der Waals surface area contributed by atoms with Crippen molar-refractivity contribution < 1.29 is 23.4 Å². The predicted octanol–water partition coefficient (Wildman–Crippen LogP) is 4.31. The molecule has 130 valence electrons. The van der Waals surface area contributed by atoms with Gasteiger partial charge < -0.3 is 18.6 Å². The summed E-state index contributed by atoms with van der Waals surface area (Å²) in [4.78, 5) is 12.7. The van der Waals surface area contributed by atoms with Crippen LogP contribution in [0.4, 0.5) is 0 Å². The fourth-order valence-electron chi connectivity index (χ4n) is 2.10. The number of carbonyl (C=O) groups excluding carboxylic acids is 1. The summed E-state index contributed by atoms with van der Waals surface area (Å²) in [6.45, 7) is 7.81. The SMILES string of the molecule is C=CCOc1cc(OC)c(C(=O)C=Cc2ccco2)c(OCC=C)c1. The first-order valence-corrected chi connectivity index (χ1v) is 7.65. The zero-order valence-corrected chi connectivity index (χ0v) is 14.1. The van der Waals surface area contributed by atoms with Crippen molar-refractivity contribution in [2.24, 2.45) is 0 Å². The van der Waals surface area contributed by atoms with Crippen molar-refractivity contribution in [1.82, 2.24) is 0 Å². The highest BCUT2D eigenvalue weighted by atomic mass is 16.5. The molecule has 0 saturated heterocycles. The van der Waals surface area contributed by atoms with Crippen molar-refractivity contribution in [2.45, 2.75) is 0 Å². The summed E-state index contributed by atoms with van der Waals surface area (Å²) in [5.74, 6) is 1.53. The van der Waals surface area contributed by atoms with Gasteiger partial charge in [0, 0.05) is 12.1 Å². The molecule has 0 saturated carbocycles. The maximum absolute atomic E-state index is 12.7. The zero-order valence-electron chi connectivity index (χ0n) is 14.1. The molecule has 0 fully saturated rings. The number of ether oxygens (including phenoxy) is 3. The van der Waals surface area contributed by atoms with Crippen LogP contribution in [0.1, 0.15) is 16.1 Å². The highest BCUT2D eigenvalue weighted by Gasteiger charge is 2.19. The summed E-state index contributed by atoms with van der Waals surface area (Å²) >= 11 is 0. The van der Waals surface area contributed by atoms with Crippen molar-refractivity contribution >= 4 is 11.9 Å². The average Bonchev–Trinajstić information content (AvgIpc) is 3.15. The van der Waals surface area contributed by atoms with Crippen LogP contribution in [0.3, 0.4) is 0 Å². The Bertz CT molecular complexity index is 757. The van der Waals surface area contributed by atoms with Gasteiger partial charge >= 0.3 is 0 Å². The molecule has 1 aromatic heterocycles. The van der Waals surface area contributed by atoms with Gasteiger partial charge in [-0.05, 0) is 24.3 Å². The summed E-state index contributed by atoms with van der Waals surface area (Å²) in [5, 5.41) is 0. The Kier molecular flexibility index (Phi) is 6.65. The molecule has 0 aliphatic heterocycles. The van der Waals surface area contributed by atoms with Crippen LogP contribution in [0.5, 0.6) is 17.2 Å². The van der Waals surface area contributed by atoms with E-state index in [1.807, 2.05) is 0 Å². The van der Waals surface area contributed by atoms with E-state index in [1.165, 1.54) is 19.4 Å². The van der Waals surface area contributed by atoms with E-state index in [2.05, 4.69) is 13.2 Å². The minimum absolute atomic E-state index is 0.246. The fourth-order valence-corrected chi connectivity index (χ4v) is 2.10. The normalized spacial score (nSPS) is 10.4. The molecule has 5 heteroatoms. The molecule has 0 unspecified atom stereocenters. The number of allylic oxidation sites excluding steroid dienone is 1. The molecule has 0 aliphatic rings. The number of hydrogen-bond donors (Lipinski definition) is 0. The molecule has 25 heavy (non-hydrogen) atoms. The summed E-state index contributed by atoms with van der Waals surface area (Å²) in [7, 11) is 1.48. The molecule has 2 aromatic rings. The maximum Gasteiger partial charge on any atom is 0.193 e. The van der Waals surface area contributed by atoms with Crippen LogP contribution >= 0.6 is 0 Å². The van der Waals surface area contributed by atoms with Gasteiger partial charge in [0.1, 0.15) is 41.8 Å². The Hall–Kier alpha value is -3.21. The summed E-state index contributed by atoms with van der Waals surface area (Å²) in [5.41, 5.74) is 0.304. The van der Waals surface area contributed by atoms with E-state index in [1.54, 1.807) is 42.5 Å². The lowest BCUT2D eigenvalue weighted by atomic mass is 10.1. The molecule has 0 aliphatic carbocycles. The molecule has 0 spiro atoms. The molecule has 0 bridgehead atoms. The number of rotatable bonds is 10. The second-order valence-corrected chi connectivity index (χ2v) is 4.91. The third-order valence-electron chi connectivity index (χ3n) is 3.17. The van der Waals surface area contributed by atoms with Gasteiger partial charge in [-0.25, -0.2) is 0 Å². The van der Waals surface area contributed by atoms with E-state index >= 15 is 0 Å². The van der Waals surface area contributed by atoms with Crippen LogP contribution in [0.25, 0.3) is 6.08 Å². The van der Waals surface area contributed by atoms with E-state index in [9.17, 15) is 4.79 Å². The first-order chi connectivity index (χ1) is 12.2. The molecule has 0 atom stereocenters. The minimum atomic E-state index is -0.275. The lowest BCUT2D eigenvalue weighted by Crippen LogP contribution is -2.06. The van der Waals surface area contributed by atoms with Crippen LogP contribution < -0.4 is 14.2 Å². The van der Waals surface area contributed by atoms with Crippen molar-refractivity contribution in [3.8, 4) is 17.2 Å². The predicted molar refractivity (Wildman–Crippen MR) is 96.5 cm³/mol. The average molecular weight is 340 g/mol. The Balaban J connectivity index is 2.39. The smallest absolute Gasteiger partial charge is 0.193 e. The van der Waals surface area contributed by atoms with Gasteiger partial charge in [0.15, 0.2) is 5.78 Å². The Morgan fingerprint density at radius 3 is 2.52 bits per heavy atom. The van der Waals surface area contributed by atoms with Gasteiger partial charge in [-0.3, -0.25) is 4.79 Å². The van der Waals surface area contributed by atoms with Crippen molar-refractivity contribution in [3.63, 3.8) is 0 Å². The van der Waals surface area contributed by atoms with Crippen molar-refractivity contribution in [2.75, 3.05) is 20.3 Å². The topological polar surface area (TPSA) is 57.9 Å². The number of furan rings is 1. The van der Waals surface area contributed by atoms with Gasteiger partial charge in [0.25, 0.3) is 0 Å². The summed E-state index contributed by atoms with van der Waals surface area (Å²) in [6, 6.07) is 6.78. The molecule has 1 aromatic carbocycles. The third-order valence-corrected chi connectivity index (χ3v) is 3.17. The monoisotopic (exact) mass is 340 g/mol. The van der Waals surface area contributed by atoms with Crippen LogP contribution in [0.2, 0.25) is 0 Å². The first-order valence-electron chi connectivity index (χ1n) is 7.65. The van der Waals surface area contributed by atoms with E-state index in [0.717, 1.165) is 0 Å². The van der Waals surface area contributed by atoms with Gasteiger partial charge in [0.2, 0.25) is 0 Å². The van der Waals surface area contributed by atoms with E-state index in [0.29, 0.717) is 35.2 Å². The molecule has 0 amide bonds. The number of hydrogen-bond acceptors (Lipinski definition) is 5. The highest BCUT2D eigenvalue weighted by molar-refractivity contribution is 6.10. The number of carbonyl (C=O) groups is 1. The minimum Gasteiger partial charge on any atom is -0.496 e. The molecular weight excluding hydrogens is 320 g/mol. The molecular formula is C20H20O5. The molecule has 1 heterocycles. The van der Waals surface area contributed by atoms with Crippen LogP contribution in [-0.4, -0.2) is 26.1 Å². The van der Waals surface area contributed by atoms with Crippen molar-refractivity contribution in [1.29, 1.82) is 0 Å². The van der Waals surface area contributed by atoms with Gasteiger partial charge in [0.05, 0.1) is 13.4 Å². The van der Waals surface area contributed by atoms with Crippen LogP contribution in [-0.2, 0) is 0 Å². The van der Waals surface area contributed by atoms with Crippen LogP contribution in [0, 0.1) is 0 Å². The van der Waals surface area contributed by atoms with Gasteiger partial charge in [-0.1, -0.05) is 25.3 Å².